The van der Waals surface area contributed by atoms with E-state index in [0.29, 0.717) is 34.7 Å². The number of benzene rings is 1. The fourth-order valence-corrected chi connectivity index (χ4v) is 2.62. The summed E-state index contributed by atoms with van der Waals surface area (Å²) in [5.41, 5.74) is 7.09. The van der Waals surface area contributed by atoms with Crippen molar-refractivity contribution < 1.29 is 8.91 Å². The summed E-state index contributed by atoms with van der Waals surface area (Å²) in [6.07, 6.45) is 0.805. The van der Waals surface area contributed by atoms with E-state index < -0.39 is 0 Å². The fourth-order valence-electron chi connectivity index (χ4n) is 1.83. The Bertz CT molecular complexity index is 773. The van der Waals surface area contributed by atoms with Gasteiger partial charge in [0.2, 0.25) is 5.89 Å². The van der Waals surface area contributed by atoms with Crippen LogP contribution in [0.15, 0.2) is 28.1 Å². The van der Waals surface area contributed by atoms with Crippen LogP contribution in [-0.4, -0.2) is 15.1 Å². The number of aromatic nitrogens is 3. The third-order valence-corrected chi connectivity index (χ3v) is 3.85. The summed E-state index contributed by atoms with van der Waals surface area (Å²) in [6, 6.07) is 4.21. The van der Waals surface area contributed by atoms with E-state index in [1.165, 1.54) is 23.5 Å². The molecule has 0 atom stereocenters. The molecule has 2 aromatic heterocycles. The Morgan fingerprint density at radius 2 is 2.14 bits per heavy atom. The molecule has 2 N–H and O–H groups in total. The quantitative estimate of drug-likeness (QED) is 0.798. The van der Waals surface area contributed by atoms with Crippen LogP contribution in [0.3, 0.4) is 0 Å². The SMILES string of the molecule is Nc1nc(Cc2nc(Cc3ccc(F)cc3Cl)no2)cs1. The van der Waals surface area contributed by atoms with Crippen molar-refractivity contribution in [3.63, 3.8) is 0 Å². The first-order chi connectivity index (χ1) is 10.1. The minimum absolute atomic E-state index is 0.341. The van der Waals surface area contributed by atoms with Crippen molar-refractivity contribution in [3.05, 3.63) is 57.4 Å². The van der Waals surface area contributed by atoms with Crippen molar-refractivity contribution in [2.24, 2.45) is 0 Å². The molecule has 0 spiro atoms. The third-order valence-electron chi connectivity index (χ3n) is 2.78. The largest absolute Gasteiger partial charge is 0.375 e. The minimum atomic E-state index is -0.376. The number of halogens is 2. The molecule has 0 aliphatic carbocycles. The number of rotatable bonds is 4. The van der Waals surface area contributed by atoms with Crippen LogP contribution in [-0.2, 0) is 12.8 Å². The van der Waals surface area contributed by atoms with Crippen LogP contribution in [0.5, 0.6) is 0 Å². The Balaban J connectivity index is 1.72. The number of nitrogen functional groups attached to an aromatic ring is 1. The van der Waals surface area contributed by atoms with Crippen molar-refractivity contribution in [2.75, 3.05) is 5.73 Å². The lowest BCUT2D eigenvalue weighted by Crippen LogP contribution is -1.94. The molecule has 1 aromatic carbocycles. The lowest BCUT2D eigenvalue weighted by molar-refractivity contribution is 0.379. The number of nitrogens with two attached hydrogens (primary N) is 1. The molecule has 0 saturated heterocycles. The van der Waals surface area contributed by atoms with Gasteiger partial charge in [0.05, 0.1) is 12.1 Å². The summed E-state index contributed by atoms with van der Waals surface area (Å²) in [6.45, 7) is 0. The summed E-state index contributed by atoms with van der Waals surface area (Å²) in [7, 11) is 0. The standard InChI is InChI=1S/C13H10ClFN4OS/c14-10-4-8(15)2-1-7(10)3-11-18-12(20-19-11)5-9-6-21-13(16)17-9/h1-2,4,6H,3,5H2,(H2,16,17). The summed E-state index contributed by atoms with van der Waals surface area (Å²) in [5.74, 6) is 0.564. The maximum atomic E-state index is 13.0. The number of nitrogens with zero attached hydrogens (tertiary/aromatic N) is 3. The highest BCUT2D eigenvalue weighted by Gasteiger charge is 2.11. The molecular formula is C13H10ClFN4OS. The van der Waals surface area contributed by atoms with Gasteiger partial charge in [-0.15, -0.1) is 11.3 Å². The van der Waals surface area contributed by atoms with Gasteiger partial charge in [0.25, 0.3) is 0 Å². The van der Waals surface area contributed by atoms with Crippen LogP contribution < -0.4 is 5.73 Å². The highest BCUT2D eigenvalue weighted by atomic mass is 35.5. The Morgan fingerprint density at radius 3 is 2.86 bits per heavy atom. The van der Waals surface area contributed by atoms with Crippen LogP contribution in [0.25, 0.3) is 0 Å². The molecule has 3 rings (SSSR count). The first kappa shape index (κ1) is 14.0. The lowest BCUT2D eigenvalue weighted by Gasteiger charge is -2.00. The van der Waals surface area contributed by atoms with Gasteiger partial charge in [0.1, 0.15) is 5.82 Å². The van der Waals surface area contributed by atoms with Crippen molar-refractivity contribution in [2.45, 2.75) is 12.8 Å². The molecule has 2 heterocycles. The van der Waals surface area contributed by atoms with E-state index in [-0.39, 0.29) is 5.82 Å². The number of hydrogen-bond acceptors (Lipinski definition) is 6. The van der Waals surface area contributed by atoms with E-state index in [0.717, 1.165) is 11.3 Å². The second-order valence-corrected chi connectivity index (χ2v) is 5.67. The summed E-state index contributed by atoms with van der Waals surface area (Å²) in [4.78, 5) is 8.40. The van der Waals surface area contributed by atoms with Crippen LogP contribution in [0, 0.1) is 5.82 Å². The van der Waals surface area contributed by atoms with Gasteiger partial charge in [-0.1, -0.05) is 22.8 Å². The van der Waals surface area contributed by atoms with E-state index in [2.05, 4.69) is 15.1 Å². The molecule has 108 valence electrons. The maximum Gasteiger partial charge on any atom is 0.232 e. The normalized spacial score (nSPS) is 11.0. The predicted octanol–water partition coefficient (Wildman–Crippen LogP) is 3.08. The van der Waals surface area contributed by atoms with Crippen LogP contribution in [0.2, 0.25) is 5.02 Å². The second kappa shape index (κ2) is 5.79. The molecule has 21 heavy (non-hydrogen) atoms. The first-order valence-corrected chi connectivity index (χ1v) is 7.31. The molecule has 0 aliphatic rings. The fraction of sp³-hybridized carbons (Fsp3) is 0.154. The van der Waals surface area contributed by atoms with E-state index >= 15 is 0 Å². The van der Waals surface area contributed by atoms with Crippen molar-refractivity contribution in [3.8, 4) is 0 Å². The smallest absolute Gasteiger partial charge is 0.232 e. The zero-order valence-electron chi connectivity index (χ0n) is 10.7. The minimum Gasteiger partial charge on any atom is -0.375 e. The van der Waals surface area contributed by atoms with Crippen LogP contribution in [0.1, 0.15) is 23.0 Å². The third kappa shape index (κ3) is 3.37. The molecule has 0 bridgehead atoms. The molecule has 0 radical (unpaired) electrons. The first-order valence-electron chi connectivity index (χ1n) is 6.05. The van der Waals surface area contributed by atoms with E-state index in [1.54, 1.807) is 6.07 Å². The Morgan fingerprint density at radius 1 is 1.29 bits per heavy atom. The van der Waals surface area contributed by atoms with Gasteiger partial charge < -0.3 is 10.3 Å². The summed E-state index contributed by atoms with van der Waals surface area (Å²) >= 11 is 7.33. The van der Waals surface area contributed by atoms with Gasteiger partial charge >= 0.3 is 0 Å². The predicted molar refractivity (Wildman–Crippen MR) is 77.8 cm³/mol. The molecule has 0 amide bonds. The van der Waals surface area contributed by atoms with Crippen molar-refractivity contribution >= 4 is 28.1 Å². The molecule has 0 aliphatic heterocycles. The van der Waals surface area contributed by atoms with Crippen molar-refractivity contribution in [1.82, 2.24) is 15.1 Å². The van der Waals surface area contributed by atoms with Gasteiger partial charge in [-0.05, 0) is 17.7 Å². The molecule has 0 unspecified atom stereocenters. The monoisotopic (exact) mass is 324 g/mol. The van der Waals surface area contributed by atoms with Crippen LogP contribution >= 0.6 is 22.9 Å². The highest BCUT2D eigenvalue weighted by Crippen LogP contribution is 2.20. The molecule has 8 heteroatoms. The van der Waals surface area contributed by atoms with Crippen molar-refractivity contribution in [1.29, 1.82) is 0 Å². The summed E-state index contributed by atoms with van der Waals surface area (Å²) in [5, 5.41) is 6.57. The molecule has 0 fully saturated rings. The second-order valence-electron chi connectivity index (χ2n) is 4.37. The molecule has 5 nitrogen and oxygen atoms in total. The van der Waals surface area contributed by atoms with Gasteiger partial charge in [0, 0.05) is 16.8 Å². The topological polar surface area (TPSA) is 77.8 Å². The van der Waals surface area contributed by atoms with E-state index in [1.807, 2.05) is 5.38 Å². The Labute approximate surface area is 128 Å². The molecular weight excluding hydrogens is 315 g/mol. The zero-order chi connectivity index (χ0) is 14.8. The number of anilines is 1. The molecule has 0 saturated carbocycles. The molecule has 3 aromatic rings. The van der Waals surface area contributed by atoms with Gasteiger partial charge in [0.15, 0.2) is 11.0 Å². The van der Waals surface area contributed by atoms with E-state index in [4.69, 9.17) is 21.9 Å². The van der Waals surface area contributed by atoms with E-state index in [9.17, 15) is 4.39 Å². The van der Waals surface area contributed by atoms with Gasteiger partial charge in [-0.2, -0.15) is 4.98 Å². The summed E-state index contributed by atoms with van der Waals surface area (Å²) < 4.78 is 18.1. The van der Waals surface area contributed by atoms with Crippen LogP contribution in [0.4, 0.5) is 9.52 Å². The Hall–Kier alpha value is -1.99. The number of hydrogen-bond donors (Lipinski definition) is 1. The van der Waals surface area contributed by atoms with Gasteiger partial charge in [-0.25, -0.2) is 9.37 Å². The maximum absolute atomic E-state index is 13.0. The number of thiazole rings is 1. The zero-order valence-corrected chi connectivity index (χ0v) is 12.3. The average Bonchev–Trinajstić information content (AvgIpc) is 3.03. The van der Waals surface area contributed by atoms with Gasteiger partial charge in [-0.3, -0.25) is 0 Å². The highest BCUT2D eigenvalue weighted by molar-refractivity contribution is 7.13. The lowest BCUT2D eigenvalue weighted by atomic mass is 10.1. The average molecular weight is 325 g/mol. The Kier molecular flexibility index (Phi) is 3.85.